The lowest BCUT2D eigenvalue weighted by molar-refractivity contribution is 0.236. The van der Waals surface area contributed by atoms with Crippen LogP contribution in [0.25, 0.3) is 0 Å². The van der Waals surface area contributed by atoms with Gasteiger partial charge in [-0.1, -0.05) is 18.2 Å². The predicted octanol–water partition coefficient (Wildman–Crippen LogP) is 1.26. The molecule has 27 heavy (non-hydrogen) atoms. The summed E-state index contributed by atoms with van der Waals surface area (Å²) in [5, 5.41) is 10.5. The minimum atomic E-state index is -3.69. The van der Waals surface area contributed by atoms with Crippen molar-refractivity contribution in [1.29, 1.82) is 0 Å². The molecule has 0 aromatic heterocycles. The van der Waals surface area contributed by atoms with Crippen molar-refractivity contribution in [2.75, 3.05) is 26.8 Å². The van der Waals surface area contributed by atoms with Crippen LogP contribution in [0.3, 0.4) is 0 Å². The van der Waals surface area contributed by atoms with E-state index in [-0.39, 0.29) is 10.9 Å². The molecule has 2 aromatic carbocycles. The molecular weight excluding hydrogens is 370 g/mol. The van der Waals surface area contributed by atoms with Crippen LogP contribution in [0, 0.1) is 0 Å². The Morgan fingerprint density at radius 2 is 1.70 bits per heavy atom. The molecule has 146 valence electrons. The minimum absolute atomic E-state index is 0.0630. The van der Waals surface area contributed by atoms with E-state index in [0.717, 1.165) is 5.56 Å². The summed E-state index contributed by atoms with van der Waals surface area (Å²) >= 11 is 0. The highest BCUT2D eigenvalue weighted by Crippen LogP contribution is 2.18. The molecule has 2 amide bonds. The van der Waals surface area contributed by atoms with Gasteiger partial charge in [0.25, 0.3) is 0 Å². The van der Waals surface area contributed by atoms with Crippen molar-refractivity contribution in [3.63, 3.8) is 0 Å². The third-order valence-corrected chi connectivity index (χ3v) is 4.58. The molecule has 0 atom stereocenters. The molecule has 0 radical (unpaired) electrons. The molecule has 0 bridgehead atoms. The van der Waals surface area contributed by atoms with Gasteiger partial charge in [0.1, 0.15) is 18.1 Å². The van der Waals surface area contributed by atoms with Gasteiger partial charge in [-0.2, -0.15) is 0 Å². The molecule has 0 spiro atoms. The summed E-state index contributed by atoms with van der Waals surface area (Å²) < 4.78 is 33.0. The molecule has 0 saturated heterocycles. The Morgan fingerprint density at radius 1 is 1.04 bits per heavy atom. The number of carbonyl (C=O) groups is 1. The monoisotopic (exact) mass is 393 g/mol. The van der Waals surface area contributed by atoms with Crippen molar-refractivity contribution in [2.24, 2.45) is 5.14 Å². The molecule has 2 aromatic rings. The Hall–Kier alpha value is -2.78. The number of hydrogen-bond acceptors (Lipinski definition) is 5. The van der Waals surface area contributed by atoms with Crippen LogP contribution in [0.1, 0.15) is 5.56 Å². The topological polar surface area (TPSA) is 120 Å². The van der Waals surface area contributed by atoms with Crippen molar-refractivity contribution in [3.05, 3.63) is 54.1 Å². The van der Waals surface area contributed by atoms with E-state index in [0.29, 0.717) is 37.6 Å². The first-order valence-electron chi connectivity index (χ1n) is 8.29. The van der Waals surface area contributed by atoms with Gasteiger partial charge in [-0.15, -0.1) is 0 Å². The third kappa shape index (κ3) is 7.16. The average Bonchev–Trinajstić information content (AvgIpc) is 2.65. The number of ether oxygens (including phenoxy) is 2. The Balaban J connectivity index is 1.63. The number of nitrogens with two attached hydrogens (primary N) is 1. The van der Waals surface area contributed by atoms with Gasteiger partial charge in [-0.05, 0) is 36.2 Å². The van der Waals surface area contributed by atoms with Gasteiger partial charge < -0.3 is 20.1 Å². The van der Waals surface area contributed by atoms with E-state index < -0.39 is 10.0 Å². The lowest BCUT2D eigenvalue weighted by Crippen LogP contribution is -2.38. The average molecular weight is 393 g/mol. The van der Waals surface area contributed by atoms with Crippen molar-refractivity contribution >= 4 is 16.1 Å². The Bertz CT molecular complexity index is 854. The summed E-state index contributed by atoms with van der Waals surface area (Å²) in [5.74, 6) is 1.37. The quantitative estimate of drug-likeness (QED) is 0.554. The zero-order valence-corrected chi connectivity index (χ0v) is 15.8. The van der Waals surface area contributed by atoms with Crippen LogP contribution in [0.2, 0.25) is 0 Å². The molecule has 0 heterocycles. The maximum Gasteiger partial charge on any atom is 0.314 e. The van der Waals surface area contributed by atoms with Gasteiger partial charge in [-0.3, -0.25) is 0 Å². The van der Waals surface area contributed by atoms with Gasteiger partial charge in [0.15, 0.2) is 0 Å². The minimum Gasteiger partial charge on any atom is -0.497 e. The zero-order valence-electron chi connectivity index (χ0n) is 15.0. The first-order chi connectivity index (χ1) is 12.9. The molecule has 0 aliphatic carbocycles. The molecule has 4 N–H and O–H groups in total. The molecule has 0 fully saturated rings. The SMILES string of the molecule is COc1cccc(OCCNC(=O)NCCc2ccc(S(N)(=O)=O)cc2)c1. The standard InChI is InChI=1S/C18H23N3O5S/c1-25-15-3-2-4-16(13-15)26-12-11-21-18(22)20-10-9-14-5-7-17(8-6-14)27(19,23)24/h2-8,13H,9-12H2,1H3,(H2,19,23,24)(H2,20,21,22). The number of nitrogens with one attached hydrogen (secondary N) is 2. The number of primary sulfonamides is 1. The fraction of sp³-hybridized carbons (Fsp3) is 0.278. The number of benzene rings is 2. The van der Waals surface area contributed by atoms with Gasteiger partial charge in [-0.25, -0.2) is 18.4 Å². The van der Waals surface area contributed by atoms with Crippen LogP contribution in [0.5, 0.6) is 11.5 Å². The van der Waals surface area contributed by atoms with E-state index >= 15 is 0 Å². The second kappa shape index (κ2) is 9.79. The number of rotatable bonds is 9. The molecule has 0 unspecified atom stereocenters. The largest absolute Gasteiger partial charge is 0.497 e. The molecule has 9 heteroatoms. The van der Waals surface area contributed by atoms with Crippen LogP contribution < -0.4 is 25.2 Å². The summed E-state index contributed by atoms with van der Waals surface area (Å²) in [6.07, 6.45) is 0.568. The lowest BCUT2D eigenvalue weighted by Gasteiger charge is -2.10. The maximum atomic E-state index is 11.7. The molecule has 8 nitrogen and oxygen atoms in total. The normalized spacial score (nSPS) is 10.9. The highest BCUT2D eigenvalue weighted by Gasteiger charge is 2.07. The van der Waals surface area contributed by atoms with E-state index in [9.17, 15) is 13.2 Å². The van der Waals surface area contributed by atoms with Crippen molar-refractivity contribution in [3.8, 4) is 11.5 Å². The molecule has 0 aliphatic rings. The first kappa shape index (κ1) is 20.5. The van der Waals surface area contributed by atoms with Gasteiger partial charge in [0.2, 0.25) is 10.0 Å². The van der Waals surface area contributed by atoms with Gasteiger partial charge in [0.05, 0.1) is 18.6 Å². The second-order valence-corrected chi connectivity index (χ2v) is 7.21. The lowest BCUT2D eigenvalue weighted by atomic mass is 10.1. The van der Waals surface area contributed by atoms with Crippen LogP contribution >= 0.6 is 0 Å². The van der Waals surface area contributed by atoms with Crippen LogP contribution in [0.4, 0.5) is 4.79 Å². The van der Waals surface area contributed by atoms with Crippen molar-refractivity contribution in [2.45, 2.75) is 11.3 Å². The highest BCUT2D eigenvalue weighted by atomic mass is 32.2. The number of methoxy groups -OCH3 is 1. The van der Waals surface area contributed by atoms with Crippen molar-refractivity contribution in [1.82, 2.24) is 10.6 Å². The van der Waals surface area contributed by atoms with E-state index in [1.165, 1.54) is 12.1 Å². The van der Waals surface area contributed by atoms with E-state index in [1.807, 2.05) is 18.2 Å². The zero-order chi connectivity index (χ0) is 19.7. The molecule has 0 saturated carbocycles. The van der Waals surface area contributed by atoms with Gasteiger partial charge in [0, 0.05) is 12.6 Å². The molecular formula is C18H23N3O5S. The van der Waals surface area contributed by atoms with E-state index in [1.54, 1.807) is 25.3 Å². The van der Waals surface area contributed by atoms with Crippen molar-refractivity contribution < 1.29 is 22.7 Å². The Kier molecular flexibility index (Phi) is 7.44. The summed E-state index contributed by atoms with van der Waals surface area (Å²) in [7, 11) is -2.11. The summed E-state index contributed by atoms with van der Waals surface area (Å²) in [5.41, 5.74) is 0.893. The Morgan fingerprint density at radius 3 is 2.37 bits per heavy atom. The smallest absolute Gasteiger partial charge is 0.314 e. The third-order valence-electron chi connectivity index (χ3n) is 3.65. The summed E-state index contributed by atoms with van der Waals surface area (Å²) in [6.45, 7) is 1.10. The van der Waals surface area contributed by atoms with Gasteiger partial charge >= 0.3 is 6.03 Å². The Labute approximate surface area is 158 Å². The van der Waals surface area contributed by atoms with E-state index in [2.05, 4.69) is 10.6 Å². The number of amides is 2. The molecule has 2 rings (SSSR count). The highest BCUT2D eigenvalue weighted by molar-refractivity contribution is 7.89. The number of urea groups is 1. The number of sulfonamides is 1. The fourth-order valence-electron chi connectivity index (χ4n) is 2.25. The maximum absolute atomic E-state index is 11.7. The summed E-state index contributed by atoms with van der Waals surface area (Å²) in [4.78, 5) is 11.8. The number of hydrogen-bond donors (Lipinski definition) is 3. The van der Waals surface area contributed by atoms with E-state index in [4.69, 9.17) is 14.6 Å². The molecule has 0 aliphatic heterocycles. The van der Waals surface area contributed by atoms with Crippen LogP contribution in [-0.4, -0.2) is 41.3 Å². The fourth-order valence-corrected chi connectivity index (χ4v) is 2.77. The van der Waals surface area contributed by atoms with Crippen LogP contribution in [0.15, 0.2) is 53.4 Å². The van der Waals surface area contributed by atoms with Crippen LogP contribution in [-0.2, 0) is 16.4 Å². The summed E-state index contributed by atoms with van der Waals surface area (Å²) in [6, 6.07) is 13.1. The number of carbonyl (C=O) groups excluding carboxylic acids is 1. The second-order valence-electron chi connectivity index (χ2n) is 5.65. The predicted molar refractivity (Wildman–Crippen MR) is 101 cm³/mol. The first-order valence-corrected chi connectivity index (χ1v) is 9.83.